The number of hydrogen-bond acceptors (Lipinski definition) is 6. The number of piperidine rings is 1. The van der Waals surface area contributed by atoms with Crippen molar-refractivity contribution in [1.29, 1.82) is 0 Å². The zero-order valence-corrected chi connectivity index (χ0v) is 24.6. The molecule has 5 fully saturated rings. The predicted octanol–water partition coefficient (Wildman–Crippen LogP) is 5.73. The highest BCUT2D eigenvalue weighted by molar-refractivity contribution is 5.86. The summed E-state index contributed by atoms with van der Waals surface area (Å²) in [5.41, 5.74) is 4.22. The Morgan fingerprint density at radius 2 is 2.03 bits per heavy atom. The molecule has 0 aromatic carbocycles. The van der Waals surface area contributed by atoms with Gasteiger partial charge in [0.2, 0.25) is 0 Å². The van der Waals surface area contributed by atoms with E-state index < -0.39 is 5.97 Å². The van der Waals surface area contributed by atoms with Crippen LogP contribution in [0.25, 0.3) is 0 Å². The Labute approximate surface area is 233 Å². The molecule has 0 bridgehead atoms. The van der Waals surface area contributed by atoms with Gasteiger partial charge in [-0.1, -0.05) is 37.1 Å². The number of carbonyl (C=O) groups excluding carboxylic acids is 1. The normalized spacial score (nSPS) is 47.3. The first-order valence-electron chi connectivity index (χ1n) is 15.8. The first-order valence-corrected chi connectivity index (χ1v) is 15.8. The van der Waals surface area contributed by atoms with Gasteiger partial charge in [0.05, 0.1) is 31.1 Å². The van der Waals surface area contributed by atoms with E-state index in [4.69, 9.17) is 9.47 Å². The molecule has 0 radical (unpaired) electrons. The third-order valence-electron chi connectivity index (χ3n) is 12.9. The van der Waals surface area contributed by atoms with Gasteiger partial charge in [-0.3, -0.25) is 0 Å². The van der Waals surface area contributed by atoms with E-state index in [1.165, 1.54) is 52.1 Å². The zero-order valence-electron chi connectivity index (χ0n) is 24.6. The number of fused-ring (bicyclic) bond motifs is 6. The van der Waals surface area contributed by atoms with Crippen LogP contribution < -0.4 is 5.32 Å². The Bertz CT molecular complexity index is 1160. The molecule has 6 aliphatic rings. The second-order valence-electron chi connectivity index (χ2n) is 14.7. The van der Waals surface area contributed by atoms with E-state index in [1.54, 1.807) is 11.8 Å². The van der Waals surface area contributed by atoms with Crippen molar-refractivity contribution in [1.82, 2.24) is 20.3 Å². The Balaban J connectivity index is 1.09. The number of allylic oxidation sites excluding steroid dienone is 1. The number of carbonyl (C=O) groups is 1. The molecule has 7 rings (SSSR count). The minimum Gasteiger partial charge on any atom is -0.464 e. The van der Waals surface area contributed by atoms with Crippen molar-refractivity contribution in [3.63, 3.8) is 0 Å². The average molecular weight is 537 g/mol. The Morgan fingerprint density at radius 1 is 1.18 bits per heavy atom. The molecule has 1 aromatic rings. The fraction of sp³-hybridized carbons (Fsp3) is 0.844. The highest BCUT2D eigenvalue weighted by Crippen LogP contribution is 2.66. The van der Waals surface area contributed by atoms with E-state index in [1.807, 2.05) is 10.3 Å². The average Bonchev–Trinajstić information content (AvgIpc) is 3.60. The van der Waals surface area contributed by atoms with E-state index in [-0.39, 0.29) is 5.60 Å². The molecule has 4 aliphatic carbocycles. The molecule has 1 N–H and O–H groups in total. The SMILES string of the molecule is COC(=O)c1cn(C2CCC3(C)C(CCC4C5CCC6(CC(C)=C5CC43)OC3CC(C)CNC3C6C)C2)nn1. The smallest absolute Gasteiger partial charge is 0.360 e. The Hall–Kier alpha value is -1.73. The van der Waals surface area contributed by atoms with Gasteiger partial charge in [0, 0.05) is 12.0 Å². The lowest BCUT2D eigenvalue weighted by atomic mass is 9.52. The van der Waals surface area contributed by atoms with Crippen molar-refractivity contribution in [2.45, 2.75) is 116 Å². The van der Waals surface area contributed by atoms with Gasteiger partial charge in [-0.25, -0.2) is 9.48 Å². The summed E-state index contributed by atoms with van der Waals surface area (Å²) in [5, 5.41) is 12.3. The van der Waals surface area contributed by atoms with Gasteiger partial charge >= 0.3 is 5.97 Å². The molecule has 11 atom stereocenters. The fourth-order valence-electron chi connectivity index (χ4n) is 10.7. The molecular formula is C32H48N4O3. The van der Waals surface area contributed by atoms with Gasteiger partial charge < -0.3 is 14.8 Å². The summed E-state index contributed by atoms with van der Waals surface area (Å²) in [6, 6.07) is 0.863. The molecule has 7 nitrogen and oxygen atoms in total. The van der Waals surface area contributed by atoms with E-state index in [0.29, 0.717) is 47.1 Å². The lowest BCUT2D eigenvalue weighted by molar-refractivity contribution is -0.0753. The van der Waals surface area contributed by atoms with Gasteiger partial charge in [-0.05, 0) is 113 Å². The molecule has 2 saturated heterocycles. The quantitative estimate of drug-likeness (QED) is 0.384. The topological polar surface area (TPSA) is 78.3 Å². The fourth-order valence-corrected chi connectivity index (χ4v) is 10.7. The predicted molar refractivity (Wildman–Crippen MR) is 149 cm³/mol. The van der Waals surface area contributed by atoms with Crippen molar-refractivity contribution in [3.05, 3.63) is 23.0 Å². The van der Waals surface area contributed by atoms with Crippen molar-refractivity contribution >= 4 is 5.97 Å². The number of esters is 1. The summed E-state index contributed by atoms with van der Waals surface area (Å²) in [6.45, 7) is 11.1. The van der Waals surface area contributed by atoms with E-state index in [2.05, 4.69) is 43.3 Å². The monoisotopic (exact) mass is 536 g/mol. The third kappa shape index (κ3) is 3.99. The van der Waals surface area contributed by atoms with E-state index in [9.17, 15) is 4.79 Å². The Morgan fingerprint density at radius 3 is 2.85 bits per heavy atom. The molecule has 39 heavy (non-hydrogen) atoms. The molecule has 11 unspecified atom stereocenters. The van der Waals surface area contributed by atoms with Crippen molar-refractivity contribution < 1.29 is 14.3 Å². The summed E-state index contributed by atoms with van der Waals surface area (Å²) in [4.78, 5) is 11.9. The van der Waals surface area contributed by atoms with Crippen LogP contribution in [0.3, 0.4) is 0 Å². The Kier molecular flexibility index (Phi) is 6.31. The van der Waals surface area contributed by atoms with Gasteiger partial charge in [0.15, 0.2) is 5.69 Å². The first-order chi connectivity index (χ1) is 18.7. The number of methoxy groups -OCH3 is 1. The van der Waals surface area contributed by atoms with Crippen molar-refractivity contribution in [2.75, 3.05) is 13.7 Å². The summed E-state index contributed by atoms with van der Waals surface area (Å²) in [5.74, 6) is 4.00. The lowest BCUT2D eigenvalue weighted by Gasteiger charge is -2.54. The number of ether oxygens (including phenoxy) is 2. The van der Waals surface area contributed by atoms with Crippen LogP contribution in [-0.2, 0) is 9.47 Å². The van der Waals surface area contributed by atoms with Crippen molar-refractivity contribution in [3.8, 4) is 0 Å². The van der Waals surface area contributed by atoms with E-state index >= 15 is 0 Å². The summed E-state index contributed by atoms with van der Waals surface area (Å²) < 4.78 is 13.9. The first kappa shape index (κ1) is 26.2. The van der Waals surface area contributed by atoms with Gasteiger partial charge in [-0.2, -0.15) is 0 Å². The molecule has 3 saturated carbocycles. The van der Waals surface area contributed by atoms with Crippen LogP contribution in [0.5, 0.6) is 0 Å². The highest BCUT2D eigenvalue weighted by Gasteiger charge is 2.59. The molecule has 1 aromatic heterocycles. The zero-order chi connectivity index (χ0) is 27.1. The third-order valence-corrected chi connectivity index (χ3v) is 12.9. The van der Waals surface area contributed by atoms with Gasteiger partial charge in [0.1, 0.15) is 0 Å². The standard InChI is InChI=1S/C32H48N4O3/c1-18-12-28-29(33-16-18)20(3)32(39-28)11-9-23-24-7-6-21-13-22(36-17-27(34-35-36)30(37)38-5)8-10-31(21,4)26(24)14-25(23)19(2)15-32/h17-18,20-24,26,28-29,33H,6-16H2,1-5H3. The van der Waals surface area contributed by atoms with Gasteiger partial charge in [-0.15, -0.1) is 5.10 Å². The molecule has 214 valence electrons. The number of aromatic nitrogens is 3. The van der Waals surface area contributed by atoms with Crippen LogP contribution in [0.15, 0.2) is 17.3 Å². The second-order valence-corrected chi connectivity index (χ2v) is 14.7. The molecule has 1 spiro atoms. The molecule has 0 amide bonds. The van der Waals surface area contributed by atoms with Crippen LogP contribution in [0.4, 0.5) is 0 Å². The molecular weight excluding hydrogens is 488 g/mol. The highest BCUT2D eigenvalue weighted by atomic mass is 16.5. The minimum atomic E-state index is -0.403. The second kappa shape index (κ2) is 9.40. The molecule has 7 heteroatoms. The maximum Gasteiger partial charge on any atom is 0.360 e. The van der Waals surface area contributed by atoms with Crippen LogP contribution >= 0.6 is 0 Å². The molecule has 3 heterocycles. The number of nitrogens with one attached hydrogen (secondary N) is 1. The van der Waals surface area contributed by atoms with Crippen LogP contribution in [0.2, 0.25) is 0 Å². The number of nitrogens with zero attached hydrogens (tertiary/aromatic N) is 3. The van der Waals surface area contributed by atoms with Crippen LogP contribution in [-0.4, -0.2) is 52.4 Å². The van der Waals surface area contributed by atoms with Gasteiger partial charge in [0.25, 0.3) is 0 Å². The lowest BCUT2D eigenvalue weighted by Crippen LogP contribution is -2.48. The van der Waals surface area contributed by atoms with E-state index in [0.717, 1.165) is 43.6 Å². The number of hydrogen-bond donors (Lipinski definition) is 1. The van der Waals surface area contributed by atoms with Crippen LogP contribution in [0, 0.1) is 40.9 Å². The van der Waals surface area contributed by atoms with Crippen molar-refractivity contribution in [2.24, 2.45) is 40.9 Å². The summed E-state index contributed by atoms with van der Waals surface area (Å²) >= 11 is 0. The maximum absolute atomic E-state index is 11.9. The van der Waals surface area contributed by atoms with Crippen LogP contribution in [0.1, 0.15) is 108 Å². The minimum absolute atomic E-state index is 0.0311. The number of rotatable bonds is 2. The molecule has 2 aliphatic heterocycles. The summed E-state index contributed by atoms with van der Waals surface area (Å²) in [7, 11) is 1.40. The largest absolute Gasteiger partial charge is 0.464 e. The summed E-state index contributed by atoms with van der Waals surface area (Å²) in [6.07, 6.45) is 14.6. The maximum atomic E-state index is 11.9.